The fourth-order valence-electron chi connectivity index (χ4n) is 4.43. The number of amides is 1. The van der Waals surface area contributed by atoms with Gasteiger partial charge in [-0.05, 0) is 18.4 Å². The van der Waals surface area contributed by atoms with Gasteiger partial charge in [0.05, 0.1) is 25.6 Å². The molecule has 4 atom stereocenters. The van der Waals surface area contributed by atoms with Gasteiger partial charge in [0.25, 0.3) is 5.95 Å². The molecule has 2 fully saturated rings. The van der Waals surface area contributed by atoms with Gasteiger partial charge in [0.2, 0.25) is 5.91 Å². The first-order chi connectivity index (χ1) is 15.9. The van der Waals surface area contributed by atoms with E-state index in [1.807, 2.05) is 0 Å². The highest BCUT2D eigenvalue weighted by atomic mass is 16.6. The van der Waals surface area contributed by atoms with E-state index in [4.69, 9.17) is 10.5 Å². The Labute approximate surface area is 188 Å². The van der Waals surface area contributed by atoms with E-state index < -0.39 is 37.1 Å². The third-order valence-electron chi connectivity index (χ3n) is 6.12. The number of nitrogens with two attached hydrogens (primary N) is 1. The van der Waals surface area contributed by atoms with Crippen LogP contribution in [-0.4, -0.2) is 81.5 Å². The zero-order valence-corrected chi connectivity index (χ0v) is 17.8. The Balaban J connectivity index is 1.58. The fourth-order valence-corrected chi connectivity index (χ4v) is 4.43. The highest BCUT2D eigenvalue weighted by Gasteiger charge is 2.44. The molecule has 5 rings (SSSR count). The molecule has 33 heavy (non-hydrogen) atoms. The Hall–Kier alpha value is -3.13. The molecule has 3 aromatic rings. The van der Waals surface area contributed by atoms with Crippen molar-refractivity contribution in [2.45, 2.75) is 62.7 Å². The van der Waals surface area contributed by atoms with Crippen molar-refractivity contribution in [1.29, 1.82) is 0 Å². The summed E-state index contributed by atoms with van der Waals surface area (Å²) in [7, 11) is 0. The van der Waals surface area contributed by atoms with Crippen LogP contribution in [0.5, 0.6) is 0 Å². The van der Waals surface area contributed by atoms with E-state index in [9.17, 15) is 20.1 Å². The Morgan fingerprint density at radius 3 is 2.73 bits per heavy atom. The third-order valence-corrected chi connectivity index (χ3v) is 6.12. The van der Waals surface area contributed by atoms with Crippen LogP contribution in [0.1, 0.15) is 37.5 Å². The first-order valence-corrected chi connectivity index (χ1v) is 10.9. The zero-order valence-electron chi connectivity index (χ0n) is 17.8. The topological polar surface area (TPSA) is 186 Å². The number of hydrogen-bond donors (Lipinski definition) is 5. The molecule has 1 aliphatic carbocycles. The first-order valence-electron chi connectivity index (χ1n) is 10.9. The predicted octanol–water partition coefficient (Wildman–Crippen LogP) is -0.994. The van der Waals surface area contributed by atoms with Gasteiger partial charge in [-0.15, -0.1) is 0 Å². The van der Waals surface area contributed by atoms with Gasteiger partial charge in [0, 0.05) is 12.2 Å². The molecule has 1 aliphatic heterocycles. The number of carbonyl (C=O) groups is 1. The van der Waals surface area contributed by atoms with Gasteiger partial charge in [0.1, 0.15) is 18.3 Å². The van der Waals surface area contributed by atoms with Crippen LogP contribution in [-0.2, 0) is 16.0 Å². The minimum Gasteiger partial charge on any atom is -0.394 e. The van der Waals surface area contributed by atoms with E-state index in [-0.39, 0.29) is 18.4 Å². The van der Waals surface area contributed by atoms with Crippen molar-refractivity contribution in [2.24, 2.45) is 5.73 Å². The molecule has 176 valence electrons. The van der Waals surface area contributed by atoms with Crippen molar-refractivity contribution >= 4 is 22.9 Å². The van der Waals surface area contributed by atoms with Crippen LogP contribution in [0, 0.1) is 0 Å². The quantitative estimate of drug-likeness (QED) is 0.294. The number of rotatable bonds is 7. The van der Waals surface area contributed by atoms with Gasteiger partial charge >= 0.3 is 0 Å². The second-order valence-electron chi connectivity index (χ2n) is 8.49. The van der Waals surface area contributed by atoms with Crippen LogP contribution in [0.15, 0.2) is 18.7 Å². The molecule has 0 aromatic carbocycles. The molecule has 1 unspecified atom stereocenters. The second kappa shape index (κ2) is 8.67. The number of nitrogens with one attached hydrogen (secondary N) is 1. The Morgan fingerprint density at radius 1 is 1.24 bits per heavy atom. The highest BCUT2D eigenvalue weighted by Crippen LogP contribution is 2.33. The number of hydrogen-bond acceptors (Lipinski definition) is 10. The van der Waals surface area contributed by atoms with Gasteiger partial charge < -0.3 is 31.1 Å². The maximum Gasteiger partial charge on any atom is 0.254 e. The van der Waals surface area contributed by atoms with E-state index in [0.29, 0.717) is 22.5 Å². The summed E-state index contributed by atoms with van der Waals surface area (Å²) in [4.78, 5) is 24.9. The Morgan fingerprint density at radius 2 is 2.03 bits per heavy atom. The van der Waals surface area contributed by atoms with Crippen molar-refractivity contribution in [3.8, 4) is 5.95 Å². The monoisotopic (exact) mass is 458 g/mol. The lowest BCUT2D eigenvalue weighted by molar-refractivity contribution is -0.117. The lowest BCUT2D eigenvalue weighted by Crippen LogP contribution is -2.33. The average molecular weight is 458 g/mol. The minimum absolute atomic E-state index is 0.0376. The van der Waals surface area contributed by atoms with Gasteiger partial charge in [0.15, 0.2) is 23.2 Å². The third kappa shape index (κ3) is 4.04. The number of carbonyl (C=O) groups excluding carboxylic acids is 1. The van der Waals surface area contributed by atoms with Gasteiger partial charge in [-0.25, -0.2) is 9.67 Å². The lowest BCUT2D eigenvalue weighted by atomic mass is 10.1. The van der Waals surface area contributed by atoms with Crippen LogP contribution in [0.25, 0.3) is 17.1 Å². The van der Waals surface area contributed by atoms with Crippen molar-refractivity contribution in [1.82, 2.24) is 29.3 Å². The number of ether oxygens (including phenoxy) is 1. The lowest BCUT2D eigenvalue weighted by Gasteiger charge is -2.18. The fraction of sp³-hybridized carbons (Fsp3) is 0.550. The minimum atomic E-state index is -1.28. The zero-order chi connectivity index (χ0) is 23.1. The molecular formula is C20H26N8O5. The number of fused-ring (bicyclic) bond motifs is 1. The number of nitrogens with zero attached hydrogens (tertiary/aromatic N) is 6. The summed E-state index contributed by atoms with van der Waals surface area (Å²) in [6.07, 6.45) is 4.48. The van der Waals surface area contributed by atoms with Crippen LogP contribution < -0.4 is 11.1 Å². The molecule has 13 nitrogen and oxygen atoms in total. The van der Waals surface area contributed by atoms with Crippen molar-refractivity contribution in [2.75, 3.05) is 11.9 Å². The molecule has 3 aromatic heterocycles. The summed E-state index contributed by atoms with van der Waals surface area (Å²) < 4.78 is 8.62. The van der Waals surface area contributed by atoms with Crippen LogP contribution in [0.2, 0.25) is 0 Å². The summed E-state index contributed by atoms with van der Waals surface area (Å²) in [6.45, 7) is -0.438. The molecule has 1 saturated heterocycles. The molecule has 6 N–H and O–H groups in total. The number of aliphatic hydroxyl groups excluding tert-OH is 3. The number of anilines is 1. The summed E-state index contributed by atoms with van der Waals surface area (Å²) in [5.74, 6) is 0.267. The number of primary amides is 1. The molecule has 0 spiro atoms. The predicted molar refractivity (Wildman–Crippen MR) is 114 cm³/mol. The average Bonchev–Trinajstić information content (AvgIpc) is 3.57. The van der Waals surface area contributed by atoms with Crippen LogP contribution >= 0.6 is 0 Å². The first kappa shape index (κ1) is 21.7. The van der Waals surface area contributed by atoms with Crippen molar-refractivity contribution < 1.29 is 24.9 Å². The van der Waals surface area contributed by atoms with Gasteiger partial charge in [-0.3, -0.25) is 9.36 Å². The molecular weight excluding hydrogens is 432 g/mol. The SMILES string of the molecule is NC(=O)Cc1cnn(-c2nc(NC3CCCC3)c3ncn(C4O[C@H](CO)[C@@H](O)[C@@H]4O)c3n2)c1. The summed E-state index contributed by atoms with van der Waals surface area (Å²) in [6, 6.07) is 0.248. The molecule has 1 amide bonds. The van der Waals surface area contributed by atoms with Crippen LogP contribution in [0.3, 0.4) is 0 Å². The molecule has 2 aliphatic rings. The molecule has 4 heterocycles. The van der Waals surface area contributed by atoms with Gasteiger partial charge in [-0.2, -0.15) is 15.1 Å². The summed E-state index contributed by atoms with van der Waals surface area (Å²) in [5, 5.41) is 37.8. The van der Waals surface area contributed by atoms with Crippen LogP contribution in [0.4, 0.5) is 5.82 Å². The standard InChI is InChI=1S/C20H26N8O5/c21-13(30)5-10-6-23-28(7-10)20-25-17(24-11-3-1-2-4-11)14-18(26-20)27(9-22-14)19-16(32)15(31)12(8-29)33-19/h6-7,9,11-12,15-16,19,29,31-32H,1-5,8H2,(H2,21,30)(H,24,25,26)/t12-,15-,16+,19?/m1/s1. The van der Waals surface area contributed by atoms with E-state index in [2.05, 4.69) is 25.4 Å². The molecule has 0 radical (unpaired) electrons. The van der Waals surface area contributed by atoms with Gasteiger partial charge in [-0.1, -0.05) is 12.8 Å². The largest absolute Gasteiger partial charge is 0.394 e. The molecule has 0 bridgehead atoms. The van der Waals surface area contributed by atoms with Crippen molar-refractivity contribution in [3.63, 3.8) is 0 Å². The van der Waals surface area contributed by atoms with E-state index in [1.54, 1.807) is 6.20 Å². The van der Waals surface area contributed by atoms with E-state index >= 15 is 0 Å². The maximum atomic E-state index is 11.3. The smallest absolute Gasteiger partial charge is 0.254 e. The maximum absolute atomic E-state index is 11.3. The molecule has 13 heteroatoms. The summed E-state index contributed by atoms with van der Waals surface area (Å²) in [5.41, 5.74) is 6.74. The van der Waals surface area contributed by atoms with E-state index in [0.717, 1.165) is 25.7 Å². The number of aromatic nitrogens is 6. The van der Waals surface area contributed by atoms with E-state index in [1.165, 1.54) is 21.8 Å². The number of imidazole rings is 1. The number of aliphatic hydroxyl groups is 3. The molecule has 1 saturated carbocycles. The Bertz CT molecular complexity index is 1160. The highest BCUT2D eigenvalue weighted by molar-refractivity contribution is 5.84. The Kier molecular flexibility index (Phi) is 5.70. The second-order valence-corrected chi connectivity index (χ2v) is 8.49. The summed E-state index contributed by atoms with van der Waals surface area (Å²) >= 11 is 0. The van der Waals surface area contributed by atoms with Crippen molar-refractivity contribution in [3.05, 3.63) is 24.3 Å². The normalized spacial score (nSPS) is 25.8.